The molecule has 0 amide bonds. The normalized spacial score (nSPS) is 11.4. The highest BCUT2D eigenvalue weighted by Gasteiger charge is 2.18. The smallest absolute Gasteiger partial charge is 0.313 e. The van der Waals surface area contributed by atoms with Crippen LogP contribution in [-0.2, 0) is 16.6 Å². The number of hydrogen-bond acceptors (Lipinski definition) is 5. The summed E-state index contributed by atoms with van der Waals surface area (Å²) in [6.07, 6.45) is 3.91. The predicted molar refractivity (Wildman–Crippen MR) is 65.9 cm³/mol. The van der Waals surface area contributed by atoms with Crippen molar-refractivity contribution in [2.24, 2.45) is 0 Å². The minimum Gasteiger partial charge on any atom is -0.313 e. The van der Waals surface area contributed by atoms with Gasteiger partial charge in [0.05, 0.1) is 0 Å². The van der Waals surface area contributed by atoms with E-state index in [2.05, 4.69) is 14.7 Å². The Balaban J connectivity index is 2.24. The van der Waals surface area contributed by atoms with Gasteiger partial charge < -0.3 is 4.98 Å². The molecule has 0 aliphatic heterocycles. The van der Waals surface area contributed by atoms with E-state index in [0.29, 0.717) is 5.56 Å². The molecule has 9 heteroatoms. The summed E-state index contributed by atoms with van der Waals surface area (Å²) < 4.78 is 26.0. The van der Waals surface area contributed by atoms with E-state index in [-0.39, 0.29) is 6.54 Å². The third-order valence-electron chi connectivity index (χ3n) is 2.26. The van der Waals surface area contributed by atoms with Gasteiger partial charge in [-0.15, -0.1) is 0 Å². The Morgan fingerprint density at radius 3 is 2.74 bits per heavy atom. The number of nitrogens with one attached hydrogen (secondary N) is 3. The van der Waals surface area contributed by atoms with Gasteiger partial charge in [0.1, 0.15) is 0 Å². The Labute approximate surface area is 107 Å². The zero-order valence-corrected chi connectivity index (χ0v) is 10.4. The number of aromatic amines is 2. The van der Waals surface area contributed by atoms with Crippen LogP contribution in [0.3, 0.4) is 0 Å². The summed E-state index contributed by atoms with van der Waals surface area (Å²) in [5.74, 6) is 0. The van der Waals surface area contributed by atoms with Crippen LogP contribution in [0.4, 0.5) is 0 Å². The Morgan fingerprint density at radius 1 is 1.32 bits per heavy atom. The second-order valence-corrected chi connectivity index (χ2v) is 5.36. The quantitative estimate of drug-likeness (QED) is 0.659. The predicted octanol–water partition coefficient (Wildman–Crippen LogP) is -1.06. The van der Waals surface area contributed by atoms with Crippen molar-refractivity contribution in [3.8, 4) is 0 Å². The van der Waals surface area contributed by atoms with Gasteiger partial charge in [-0.3, -0.25) is 14.8 Å². The summed E-state index contributed by atoms with van der Waals surface area (Å²) in [6, 6.07) is 3.35. The largest absolute Gasteiger partial charge is 0.325 e. The molecule has 19 heavy (non-hydrogen) atoms. The molecule has 0 radical (unpaired) electrons. The van der Waals surface area contributed by atoms with E-state index in [9.17, 15) is 18.0 Å². The Hall–Kier alpha value is -2.26. The van der Waals surface area contributed by atoms with Crippen LogP contribution in [0.5, 0.6) is 0 Å². The minimum absolute atomic E-state index is 0.00522. The summed E-state index contributed by atoms with van der Waals surface area (Å²) in [4.78, 5) is 29.4. The SMILES string of the molecule is O=c1[nH]cc(S(=O)(=O)NCc2cccnc2)c(=O)[nH]1. The Bertz CT molecular complexity index is 779. The highest BCUT2D eigenvalue weighted by molar-refractivity contribution is 7.89. The highest BCUT2D eigenvalue weighted by atomic mass is 32.2. The molecule has 100 valence electrons. The summed E-state index contributed by atoms with van der Waals surface area (Å²) in [5.41, 5.74) is -1.09. The first kappa shape index (κ1) is 13.2. The van der Waals surface area contributed by atoms with E-state index in [0.717, 1.165) is 6.20 Å². The van der Waals surface area contributed by atoms with Crippen molar-refractivity contribution >= 4 is 10.0 Å². The zero-order valence-electron chi connectivity index (χ0n) is 9.58. The summed E-state index contributed by atoms with van der Waals surface area (Å²) in [6.45, 7) is -0.00522. The molecule has 0 aliphatic carbocycles. The second-order valence-electron chi connectivity index (χ2n) is 3.62. The van der Waals surface area contributed by atoms with Gasteiger partial charge in [0, 0.05) is 25.1 Å². The van der Waals surface area contributed by atoms with Crippen LogP contribution in [0.2, 0.25) is 0 Å². The third-order valence-corrected chi connectivity index (χ3v) is 3.67. The number of rotatable bonds is 4. The number of pyridine rings is 1. The van der Waals surface area contributed by atoms with Crippen LogP contribution < -0.4 is 16.0 Å². The van der Waals surface area contributed by atoms with Crippen molar-refractivity contribution in [1.82, 2.24) is 19.7 Å². The van der Waals surface area contributed by atoms with Crippen molar-refractivity contribution in [3.63, 3.8) is 0 Å². The molecule has 0 aliphatic rings. The van der Waals surface area contributed by atoms with E-state index >= 15 is 0 Å². The van der Waals surface area contributed by atoms with Gasteiger partial charge >= 0.3 is 5.69 Å². The van der Waals surface area contributed by atoms with Crippen molar-refractivity contribution < 1.29 is 8.42 Å². The Kier molecular flexibility index (Phi) is 3.58. The van der Waals surface area contributed by atoms with Gasteiger partial charge in [-0.05, 0) is 11.6 Å². The number of aromatic nitrogens is 3. The molecule has 0 aromatic carbocycles. The number of nitrogens with zero attached hydrogens (tertiary/aromatic N) is 1. The molecule has 8 nitrogen and oxygen atoms in total. The molecule has 2 rings (SSSR count). The van der Waals surface area contributed by atoms with E-state index in [1.807, 2.05) is 4.98 Å². The lowest BCUT2D eigenvalue weighted by molar-refractivity contribution is 0.579. The van der Waals surface area contributed by atoms with Crippen molar-refractivity contribution in [2.45, 2.75) is 11.4 Å². The van der Waals surface area contributed by atoms with Gasteiger partial charge in [-0.1, -0.05) is 6.07 Å². The number of sulfonamides is 1. The van der Waals surface area contributed by atoms with Crippen LogP contribution in [0.25, 0.3) is 0 Å². The molecule has 0 saturated heterocycles. The maximum atomic E-state index is 11.9. The van der Waals surface area contributed by atoms with Gasteiger partial charge in [-0.25, -0.2) is 17.9 Å². The lowest BCUT2D eigenvalue weighted by Crippen LogP contribution is -2.32. The van der Waals surface area contributed by atoms with Crippen LogP contribution in [0.1, 0.15) is 5.56 Å². The molecule has 3 N–H and O–H groups in total. The first-order chi connectivity index (χ1) is 8.99. The maximum Gasteiger partial charge on any atom is 0.325 e. The molecule has 0 spiro atoms. The highest BCUT2D eigenvalue weighted by Crippen LogP contribution is 2.01. The molecule has 2 aromatic heterocycles. The molecular formula is C10H10N4O4S. The molecular weight excluding hydrogens is 272 g/mol. The average molecular weight is 282 g/mol. The molecule has 2 heterocycles. The fraction of sp³-hybridized carbons (Fsp3) is 0.100. The summed E-state index contributed by atoms with van der Waals surface area (Å²) in [5, 5.41) is 0. The molecule has 0 atom stereocenters. The molecule has 0 unspecified atom stereocenters. The Morgan fingerprint density at radius 2 is 2.11 bits per heavy atom. The molecule has 0 bridgehead atoms. The van der Waals surface area contributed by atoms with Crippen molar-refractivity contribution in [3.05, 3.63) is 57.1 Å². The van der Waals surface area contributed by atoms with E-state index < -0.39 is 26.2 Å². The first-order valence-corrected chi connectivity index (χ1v) is 6.68. The number of hydrogen-bond donors (Lipinski definition) is 3. The average Bonchev–Trinajstić information content (AvgIpc) is 2.37. The lowest BCUT2D eigenvalue weighted by atomic mass is 10.3. The first-order valence-electron chi connectivity index (χ1n) is 5.19. The van der Waals surface area contributed by atoms with Gasteiger partial charge in [0.15, 0.2) is 4.90 Å². The van der Waals surface area contributed by atoms with Crippen molar-refractivity contribution in [1.29, 1.82) is 0 Å². The topological polar surface area (TPSA) is 125 Å². The summed E-state index contributed by atoms with van der Waals surface area (Å²) in [7, 11) is -4.00. The second kappa shape index (κ2) is 5.16. The van der Waals surface area contributed by atoms with E-state index in [4.69, 9.17) is 0 Å². The van der Waals surface area contributed by atoms with E-state index in [1.165, 1.54) is 6.20 Å². The zero-order chi connectivity index (χ0) is 13.9. The molecule has 0 fully saturated rings. The monoisotopic (exact) mass is 282 g/mol. The molecule has 2 aromatic rings. The third kappa shape index (κ3) is 3.14. The lowest BCUT2D eigenvalue weighted by Gasteiger charge is -2.05. The summed E-state index contributed by atoms with van der Waals surface area (Å²) >= 11 is 0. The maximum absolute atomic E-state index is 11.9. The fourth-order valence-electron chi connectivity index (χ4n) is 1.36. The van der Waals surface area contributed by atoms with Crippen LogP contribution >= 0.6 is 0 Å². The van der Waals surface area contributed by atoms with Crippen molar-refractivity contribution in [2.75, 3.05) is 0 Å². The van der Waals surface area contributed by atoms with Gasteiger partial charge in [0.25, 0.3) is 5.56 Å². The molecule has 0 saturated carbocycles. The standard InChI is InChI=1S/C10H10N4O4S/c15-9-8(6-12-10(16)14-9)19(17,18)13-5-7-2-1-3-11-4-7/h1-4,6,13H,5H2,(H2,12,14,15,16). The van der Waals surface area contributed by atoms with Gasteiger partial charge in [0.2, 0.25) is 10.0 Å². The van der Waals surface area contributed by atoms with Gasteiger partial charge in [-0.2, -0.15) is 0 Å². The van der Waals surface area contributed by atoms with E-state index in [1.54, 1.807) is 18.3 Å². The minimum atomic E-state index is -4.00. The fourth-order valence-corrected chi connectivity index (χ4v) is 2.38. The van der Waals surface area contributed by atoms with Crippen LogP contribution in [0, 0.1) is 0 Å². The van der Waals surface area contributed by atoms with Crippen LogP contribution in [0.15, 0.2) is 45.2 Å². The number of H-pyrrole nitrogens is 2. The van der Waals surface area contributed by atoms with Crippen LogP contribution in [-0.4, -0.2) is 23.4 Å².